The summed E-state index contributed by atoms with van der Waals surface area (Å²) < 4.78 is 5.86. The number of aromatic hydroxyl groups is 1. The third-order valence-electron chi connectivity index (χ3n) is 6.92. The molecule has 4 aromatic rings. The number of aromatic nitrogens is 3. The van der Waals surface area contributed by atoms with Gasteiger partial charge in [0.05, 0.1) is 5.69 Å². The van der Waals surface area contributed by atoms with E-state index in [9.17, 15) is 5.11 Å². The average molecular weight is 525 g/mol. The fraction of sp³-hybridized carbons (Fsp3) is 0.370. The zero-order valence-corrected chi connectivity index (χ0v) is 21.8. The van der Waals surface area contributed by atoms with E-state index in [-0.39, 0.29) is 6.04 Å². The summed E-state index contributed by atoms with van der Waals surface area (Å²) in [6, 6.07) is 15.1. The molecule has 4 nitrogen and oxygen atoms in total. The average Bonchev–Trinajstić information content (AvgIpc) is 3.28. The Bertz CT molecular complexity index is 1380. The fourth-order valence-corrected chi connectivity index (χ4v) is 5.85. The van der Waals surface area contributed by atoms with Gasteiger partial charge in [-0.3, -0.25) is 4.57 Å². The first kappa shape index (κ1) is 22.5. The minimum Gasteiger partial charge on any atom is -0.493 e. The molecule has 2 aromatic carbocycles. The molecule has 33 heavy (non-hydrogen) atoms. The van der Waals surface area contributed by atoms with Gasteiger partial charge in [-0.2, -0.15) is 0 Å². The molecule has 1 aliphatic rings. The van der Waals surface area contributed by atoms with E-state index in [1.165, 1.54) is 22.1 Å². The Morgan fingerprint density at radius 2 is 1.91 bits per heavy atom. The molecule has 2 aromatic heterocycles. The predicted molar refractivity (Wildman–Crippen MR) is 141 cm³/mol. The molecule has 2 N–H and O–H groups in total. The molecule has 0 aliphatic carbocycles. The maximum absolute atomic E-state index is 11.3. The summed E-state index contributed by atoms with van der Waals surface area (Å²) >= 11 is 9.60. The zero-order valence-electron chi connectivity index (χ0n) is 19.4. The van der Waals surface area contributed by atoms with Crippen LogP contribution < -0.4 is 0 Å². The maximum Gasteiger partial charge on any atom is 0.213 e. The van der Waals surface area contributed by atoms with E-state index in [1.807, 2.05) is 4.57 Å². The predicted octanol–water partition coefficient (Wildman–Crippen LogP) is 7.82. The minimum absolute atomic E-state index is 0.0954. The largest absolute Gasteiger partial charge is 0.493 e. The number of imidazole rings is 1. The van der Waals surface area contributed by atoms with Crippen molar-refractivity contribution in [2.24, 2.45) is 0 Å². The first-order valence-electron chi connectivity index (χ1n) is 11.8. The number of hydrogen-bond acceptors (Lipinski definition) is 2. The third-order valence-corrected chi connectivity index (χ3v) is 7.83. The Morgan fingerprint density at radius 1 is 1.15 bits per heavy atom. The summed E-state index contributed by atoms with van der Waals surface area (Å²) in [5.74, 6) is 0.794. The summed E-state index contributed by atoms with van der Waals surface area (Å²) in [5.41, 5.74) is 6.91. The Morgan fingerprint density at radius 3 is 2.61 bits per heavy atom. The molecule has 0 bridgehead atoms. The summed E-state index contributed by atoms with van der Waals surface area (Å²) in [5, 5.41) is 12.5. The van der Waals surface area contributed by atoms with Gasteiger partial charge < -0.3 is 14.7 Å². The van der Waals surface area contributed by atoms with Gasteiger partial charge >= 0.3 is 0 Å². The highest BCUT2D eigenvalue weighted by molar-refractivity contribution is 9.10. The van der Waals surface area contributed by atoms with Crippen LogP contribution in [0.1, 0.15) is 80.1 Å². The quantitative estimate of drug-likeness (QED) is 0.176. The molecule has 0 amide bonds. The molecule has 0 fully saturated rings. The van der Waals surface area contributed by atoms with Crippen LogP contribution in [0.3, 0.4) is 0 Å². The van der Waals surface area contributed by atoms with Crippen LogP contribution in [-0.4, -0.2) is 19.2 Å². The van der Waals surface area contributed by atoms with Gasteiger partial charge in [0.1, 0.15) is 6.04 Å². The van der Waals surface area contributed by atoms with Crippen LogP contribution in [0.4, 0.5) is 0 Å². The highest BCUT2D eigenvalue weighted by Crippen LogP contribution is 2.43. The van der Waals surface area contributed by atoms with E-state index < -0.39 is 0 Å². The van der Waals surface area contributed by atoms with Gasteiger partial charge in [0.25, 0.3) is 0 Å². The van der Waals surface area contributed by atoms with Crippen LogP contribution in [-0.2, 0) is 13.0 Å². The van der Waals surface area contributed by atoms with Crippen molar-refractivity contribution in [2.75, 3.05) is 0 Å². The molecular formula is C27H30BrN3OS. The Labute approximate surface area is 208 Å². The van der Waals surface area contributed by atoms with Crippen molar-refractivity contribution in [3.05, 3.63) is 79.8 Å². The molecule has 3 heterocycles. The standard InChI is InChI=1S/C27H30BrN3OS/c1-4-5-6-13-30-26(32)23-15-21-20-14-19(28)11-12-22(20)29-24(21)25(31(23)27(30)33)18-9-7-17(8-10-18)16(2)3/h7-12,14,16,25,29,32H,4-6,13,15H2,1-3H3. The van der Waals surface area contributed by atoms with E-state index in [0.717, 1.165) is 47.2 Å². The van der Waals surface area contributed by atoms with E-state index in [1.54, 1.807) is 0 Å². The van der Waals surface area contributed by atoms with Gasteiger partial charge in [-0.15, -0.1) is 0 Å². The molecule has 1 atom stereocenters. The normalized spacial score (nSPS) is 15.2. The van der Waals surface area contributed by atoms with Gasteiger partial charge in [0.15, 0.2) is 4.77 Å². The highest BCUT2D eigenvalue weighted by atomic mass is 79.9. The fourth-order valence-electron chi connectivity index (χ4n) is 5.09. The second kappa shape index (κ2) is 8.80. The lowest BCUT2D eigenvalue weighted by Gasteiger charge is -2.27. The van der Waals surface area contributed by atoms with Gasteiger partial charge in [0.2, 0.25) is 5.88 Å². The molecule has 1 aliphatic heterocycles. The van der Waals surface area contributed by atoms with Crippen molar-refractivity contribution in [3.8, 4) is 5.88 Å². The van der Waals surface area contributed by atoms with Crippen molar-refractivity contribution in [3.63, 3.8) is 0 Å². The van der Waals surface area contributed by atoms with Crippen LogP contribution in [0, 0.1) is 4.77 Å². The first-order valence-corrected chi connectivity index (χ1v) is 13.0. The number of fused-ring (bicyclic) bond motifs is 4. The first-order chi connectivity index (χ1) is 15.9. The number of rotatable bonds is 6. The Kier molecular flexibility index (Phi) is 6.00. The SMILES string of the molecule is CCCCCn1c(O)c2n(c1=S)C(c1ccc(C(C)C)cc1)c1[nH]c3ccc(Br)cc3c1C2. The molecule has 0 spiro atoms. The van der Waals surface area contributed by atoms with E-state index >= 15 is 0 Å². The third kappa shape index (κ3) is 3.77. The van der Waals surface area contributed by atoms with Crippen LogP contribution in [0.2, 0.25) is 0 Å². The summed E-state index contributed by atoms with van der Waals surface area (Å²) in [6.07, 6.45) is 3.93. The molecule has 6 heteroatoms. The maximum atomic E-state index is 11.3. The molecule has 172 valence electrons. The number of benzene rings is 2. The topological polar surface area (TPSA) is 45.9 Å². The number of aromatic amines is 1. The molecule has 0 saturated heterocycles. The lowest BCUT2D eigenvalue weighted by Crippen LogP contribution is -2.22. The molecule has 0 saturated carbocycles. The van der Waals surface area contributed by atoms with Gasteiger partial charge in [-0.1, -0.05) is 73.8 Å². The summed E-state index contributed by atoms with van der Waals surface area (Å²) in [4.78, 5) is 3.70. The smallest absolute Gasteiger partial charge is 0.213 e. The van der Waals surface area contributed by atoms with Crippen molar-refractivity contribution >= 4 is 39.1 Å². The monoisotopic (exact) mass is 523 g/mol. The van der Waals surface area contributed by atoms with E-state index in [2.05, 4.69) is 88.7 Å². The second-order valence-corrected chi connectivity index (χ2v) is 10.7. The number of hydrogen-bond donors (Lipinski definition) is 2. The van der Waals surface area contributed by atoms with Crippen LogP contribution >= 0.6 is 28.1 Å². The van der Waals surface area contributed by atoms with Crippen LogP contribution in [0.15, 0.2) is 46.9 Å². The van der Waals surface area contributed by atoms with E-state index in [4.69, 9.17) is 12.2 Å². The number of halogens is 1. The highest BCUT2D eigenvalue weighted by Gasteiger charge is 2.34. The molecule has 1 unspecified atom stereocenters. The summed E-state index contributed by atoms with van der Waals surface area (Å²) in [7, 11) is 0. The number of nitrogens with zero attached hydrogens (tertiary/aromatic N) is 2. The van der Waals surface area contributed by atoms with Gasteiger partial charge in [-0.25, -0.2) is 0 Å². The zero-order chi connectivity index (χ0) is 23.3. The van der Waals surface area contributed by atoms with Crippen LogP contribution in [0.5, 0.6) is 5.88 Å². The Hall–Kier alpha value is -2.31. The van der Waals surface area contributed by atoms with E-state index in [0.29, 0.717) is 23.0 Å². The lowest BCUT2D eigenvalue weighted by atomic mass is 9.91. The number of H-pyrrole nitrogens is 1. The van der Waals surface area contributed by atoms with Crippen molar-refractivity contribution in [2.45, 2.75) is 65.0 Å². The molecule has 5 rings (SSSR count). The molecular weight excluding hydrogens is 494 g/mol. The second-order valence-electron chi connectivity index (χ2n) is 9.39. The van der Waals surface area contributed by atoms with Crippen LogP contribution in [0.25, 0.3) is 10.9 Å². The van der Waals surface area contributed by atoms with Gasteiger partial charge in [-0.05, 0) is 59.4 Å². The molecule has 0 radical (unpaired) electrons. The van der Waals surface area contributed by atoms with Crippen molar-refractivity contribution in [1.82, 2.24) is 14.1 Å². The minimum atomic E-state index is -0.0954. The van der Waals surface area contributed by atoms with Crippen molar-refractivity contribution < 1.29 is 5.11 Å². The van der Waals surface area contributed by atoms with Gasteiger partial charge in [0, 0.05) is 34.0 Å². The number of nitrogens with one attached hydrogen (secondary N) is 1. The summed E-state index contributed by atoms with van der Waals surface area (Å²) in [6.45, 7) is 7.37. The van der Waals surface area contributed by atoms with Crippen molar-refractivity contribution in [1.29, 1.82) is 0 Å². The lowest BCUT2D eigenvalue weighted by molar-refractivity contribution is 0.404. The Balaban J connectivity index is 1.72. The number of unbranched alkanes of at least 4 members (excludes halogenated alkanes) is 2.